The summed E-state index contributed by atoms with van der Waals surface area (Å²) in [6.07, 6.45) is 3.95. The lowest BCUT2D eigenvalue weighted by molar-refractivity contribution is 1.35. The molecule has 0 aromatic carbocycles. The van der Waals surface area contributed by atoms with Crippen LogP contribution >= 0.6 is 19.5 Å². The number of hydrogen-bond acceptors (Lipinski definition) is 0. The lowest BCUT2D eigenvalue weighted by Gasteiger charge is -2.08. The monoisotopic (exact) mass is 152 g/mol. The molecule has 0 rings (SSSR count). The summed E-state index contributed by atoms with van der Waals surface area (Å²) >= 11 is 5.57. The SMILES string of the molecule is CCP(CC)CCCl. The average molecular weight is 153 g/mol. The molecule has 0 bridgehead atoms. The first-order chi connectivity index (χ1) is 3.85. The van der Waals surface area contributed by atoms with Gasteiger partial charge in [-0.05, 0) is 18.5 Å². The first kappa shape index (κ1) is 8.72. The molecular weight excluding hydrogens is 138 g/mol. The van der Waals surface area contributed by atoms with E-state index in [4.69, 9.17) is 11.6 Å². The van der Waals surface area contributed by atoms with Gasteiger partial charge >= 0.3 is 0 Å². The molecule has 2 heteroatoms. The molecule has 0 aliphatic heterocycles. The van der Waals surface area contributed by atoms with Crippen LogP contribution in [0.1, 0.15) is 13.8 Å². The molecule has 0 nitrogen and oxygen atoms in total. The van der Waals surface area contributed by atoms with Crippen LogP contribution in [-0.4, -0.2) is 24.4 Å². The molecule has 0 unspecified atom stereocenters. The molecule has 0 heterocycles. The van der Waals surface area contributed by atoms with Crippen molar-refractivity contribution in [2.45, 2.75) is 13.8 Å². The van der Waals surface area contributed by atoms with Gasteiger partial charge in [-0.2, -0.15) is 0 Å². The molecule has 50 valence electrons. The maximum Gasteiger partial charge on any atom is 0.0262 e. The van der Waals surface area contributed by atoms with Crippen LogP contribution < -0.4 is 0 Å². The zero-order valence-electron chi connectivity index (χ0n) is 5.65. The summed E-state index contributed by atoms with van der Waals surface area (Å²) < 4.78 is 0. The normalized spacial score (nSPS) is 10.5. The first-order valence-corrected chi connectivity index (χ1v) is 5.56. The van der Waals surface area contributed by atoms with Crippen LogP contribution in [0.15, 0.2) is 0 Å². The molecule has 0 N–H and O–H groups in total. The van der Waals surface area contributed by atoms with Crippen LogP contribution in [0, 0.1) is 0 Å². The summed E-state index contributed by atoms with van der Waals surface area (Å²) in [6.45, 7) is 4.50. The summed E-state index contributed by atoms with van der Waals surface area (Å²) in [5.74, 6) is 0.855. The summed E-state index contributed by atoms with van der Waals surface area (Å²) in [5, 5.41) is 0. The highest BCUT2D eigenvalue weighted by atomic mass is 35.5. The van der Waals surface area contributed by atoms with Gasteiger partial charge in [-0.1, -0.05) is 13.8 Å². The van der Waals surface area contributed by atoms with E-state index < -0.39 is 0 Å². The van der Waals surface area contributed by atoms with Gasteiger partial charge in [0.2, 0.25) is 0 Å². The first-order valence-electron chi connectivity index (χ1n) is 3.13. The molecule has 0 atom stereocenters. The van der Waals surface area contributed by atoms with Gasteiger partial charge < -0.3 is 0 Å². The third-order valence-corrected chi connectivity index (χ3v) is 4.39. The van der Waals surface area contributed by atoms with E-state index in [0.29, 0.717) is 7.92 Å². The fraction of sp³-hybridized carbons (Fsp3) is 1.00. The molecule has 0 fully saturated rings. The van der Waals surface area contributed by atoms with E-state index in [2.05, 4.69) is 13.8 Å². The number of alkyl halides is 1. The highest BCUT2D eigenvalue weighted by Crippen LogP contribution is 2.33. The second kappa shape index (κ2) is 5.85. The summed E-state index contributed by atoms with van der Waals surface area (Å²) in [5.41, 5.74) is 0. The third kappa shape index (κ3) is 3.69. The molecule has 8 heavy (non-hydrogen) atoms. The van der Waals surface area contributed by atoms with Crippen molar-refractivity contribution in [2.75, 3.05) is 24.4 Å². The van der Waals surface area contributed by atoms with Crippen molar-refractivity contribution in [1.82, 2.24) is 0 Å². The number of rotatable bonds is 4. The van der Waals surface area contributed by atoms with Gasteiger partial charge in [-0.25, -0.2) is 0 Å². The van der Waals surface area contributed by atoms with Crippen LogP contribution in [0.3, 0.4) is 0 Å². The second-order valence-electron chi connectivity index (χ2n) is 1.72. The molecule has 0 aromatic heterocycles. The average Bonchev–Trinajstić information content (AvgIpc) is 1.83. The van der Waals surface area contributed by atoms with Gasteiger partial charge in [0.15, 0.2) is 0 Å². The zero-order valence-corrected chi connectivity index (χ0v) is 7.30. The van der Waals surface area contributed by atoms with Gasteiger partial charge in [0.25, 0.3) is 0 Å². The minimum atomic E-state index is 0.312. The van der Waals surface area contributed by atoms with E-state index in [9.17, 15) is 0 Å². The fourth-order valence-electron chi connectivity index (χ4n) is 0.659. The maximum absolute atomic E-state index is 5.57. The van der Waals surface area contributed by atoms with E-state index >= 15 is 0 Å². The lowest BCUT2D eigenvalue weighted by atomic mass is 10.9. The topological polar surface area (TPSA) is 0 Å². The fourth-order valence-corrected chi connectivity index (χ4v) is 2.70. The van der Waals surface area contributed by atoms with Crippen LogP contribution in [-0.2, 0) is 0 Å². The highest BCUT2D eigenvalue weighted by molar-refractivity contribution is 7.57. The second-order valence-corrected chi connectivity index (χ2v) is 5.15. The van der Waals surface area contributed by atoms with Gasteiger partial charge in [0.05, 0.1) is 0 Å². The van der Waals surface area contributed by atoms with Gasteiger partial charge in [-0.3, -0.25) is 0 Å². The van der Waals surface area contributed by atoms with Crippen molar-refractivity contribution in [2.24, 2.45) is 0 Å². The Balaban J connectivity index is 3.07. The smallest absolute Gasteiger partial charge is 0.0262 e. The number of hydrogen-bond donors (Lipinski definition) is 0. The van der Waals surface area contributed by atoms with E-state index in [1.54, 1.807) is 0 Å². The van der Waals surface area contributed by atoms with E-state index in [1.165, 1.54) is 18.5 Å². The Hall–Kier alpha value is 0.720. The van der Waals surface area contributed by atoms with E-state index in [-0.39, 0.29) is 0 Å². The van der Waals surface area contributed by atoms with Crippen molar-refractivity contribution in [3.05, 3.63) is 0 Å². The van der Waals surface area contributed by atoms with Crippen LogP contribution in [0.25, 0.3) is 0 Å². The van der Waals surface area contributed by atoms with Gasteiger partial charge in [0, 0.05) is 5.88 Å². The Kier molecular flexibility index (Phi) is 6.38. The molecule has 0 amide bonds. The quantitative estimate of drug-likeness (QED) is 0.429. The van der Waals surface area contributed by atoms with Crippen LogP contribution in [0.2, 0.25) is 0 Å². The lowest BCUT2D eigenvalue weighted by Crippen LogP contribution is -1.89. The summed E-state index contributed by atoms with van der Waals surface area (Å²) in [6, 6.07) is 0. The molecule has 0 aliphatic rings. The van der Waals surface area contributed by atoms with Crippen molar-refractivity contribution in [3.63, 3.8) is 0 Å². The summed E-state index contributed by atoms with van der Waals surface area (Å²) in [4.78, 5) is 0. The maximum atomic E-state index is 5.57. The predicted octanol–water partition coefficient (Wildman–Crippen LogP) is 2.75. The van der Waals surface area contributed by atoms with Gasteiger partial charge in [-0.15, -0.1) is 19.5 Å². The van der Waals surface area contributed by atoms with Crippen LogP contribution in [0.5, 0.6) is 0 Å². The Bertz CT molecular complexity index is 43.8. The van der Waals surface area contributed by atoms with Crippen molar-refractivity contribution in [3.8, 4) is 0 Å². The largest absolute Gasteiger partial charge is 0.126 e. The standard InChI is InChI=1S/C6H14ClP/c1-3-8(4-2)6-5-7/h3-6H2,1-2H3. The zero-order chi connectivity index (χ0) is 6.41. The van der Waals surface area contributed by atoms with Gasteiger partial charge in [0.1, 0.15) is 0 Å². The summed E-state index contributed by atoms with van der Waals surface area (Å²) in [7, 11) is 0.312. The molecular formula is C6H14ClP. The van der Waals surface area contributed by atoms with Crippen LogP contribution in [0.4, 0.5) is 0 Å². The molecule has 0 spiro atoms. The molecule has 0 radical (unpaired) electrons. The Morgan fingerprint density at radius 2 is 1.75 bits per heavy atom. The Morgan fingerprint density at radius 1 is 1.25 bits per heavy atom. The minimum absolute atomic E-state index is 0.312. The molecule has 0 aromatic rings. The number of halogens is 1. The molecule has 0 saturated carbocycles. The third-order valence-electron chi connectivity index (χ3n) is 1.30. The van der Waals surface area contributed by atoms with Crippen molar-refractivity contribution >= 4 is 19.5 Å². The van der Waals surface area contributed by atoms with Crippen molar-refractivity contribution < 1.29 is 0 Å². The Morgan fingerprint density at radius 3 is 1.88 bits per heavy atom. The van der Waals surface area contributed by atoms with E-state index in [0.717, 1.165) is 5.88 Å². The molecule has 0 saturated heterocycles. The van der Waals surface area contributed by atoms with Crippen molar-refractivity contribution in [1.29, 1.82) is 0 Å². The Labute approximate surface area is 58.4 Å². The predicted molar refractivity (Wildman–Crippen MR) is 43.6 cm³/mol. The molecule has 0 aliphatic carbocycles. The van der Waals surface area contributed by atoms with E-state index in [1.807, 2.05) is 0 Å². The highest BCUT2D eigenvalue weighted by Gasteiger charge is 1.98. The minimum Gasteiger partial charge on any atom is -0.126 e.